The van der Waals surface area contributed by atoms with Crippen LogP contribution >= 0.6 is 0 Å². The van der Waals surface area contributed by atoms with E-state index in [0.717, 1.165) is 23.3 Å². The fourth-order valence-electron chi connectivity index (χ4n) is 2.94. The van der Waals surface area contributed by atoms with Crippen LogP contribution in [0.3, 0.4) is 0 Å². The fraction of sp³-hybridized carbons (Fsp3) is 0.235. The normalized spacial score (nSPS) is 13.9. The van der Waals surface area contributed by atoms with Crippen molar-refractivity contribution in [3.05, 3.63) is 68.8 Å². The number of halogens is 3. The molecule has 0 fully saturated rings. The van der Waals surface area contributed by atoms with E-state index in [4.69, 9.17) is 5.26 Å². The molecule has 0 bridgehead atoms. The maximum Gasteiger partial charge on any atom is 0.417 e. The van der Waals surface area contributed by atoms with Gasteiger partial charge < -0.3 is 4.90 Å². The Balaban J connectivity index is 1.95. The Morgan fingerprint density at radius 1 is 1.16 bits per heavy atom. The maximum atomic E-state index is 13.1. The van der Waals surface area contributed by atoms with Crippen molar-refractivity contribution in [2.45, 2.75) is 19.1 Å². The van der Waals surface area contributed by atoms with Crippen LogP contribution in [-0.4, -0.2) is 11.5 Å². The molecule has 3 rings (SSSR count). The molecule has 0 aromatic heterocycles. The van der Waals surface area contributed by atoms with Gasteiger partial charge in [-0.3, -0.25) is 10.1 Å². The lowest BCUT2D eigenvalue weighted by atomic mass is 9.98. The second kappa shape index (κ2) is 6.09. The van der Waals surface area contributed by atoms with E-state index in [1.807, 2.05) is 0 Å². The second-order valence-corrected chi connectivity index (χ2v) is 5.72. The smallest absolute Gasteiger partial charge is 0.367 e. The van der Waals surface area contributed by atoms with Gasteiger partial charge in [0.1, 0.15) is 0 Å². The van der Waals surface area contributed by atoms with E-state index < -0.39 is 22.2 Å². The highest BCUT2D eigenvalue weighted by atomic mass is 19.4. The molecule has 1 aliphatic heterocycles. The van der Waals surface area contributed by atoms with Gasteiger partial charge in [0.2, 0.25) is 0 Å². The SMILES string of the molecule is N#Cc1ccc(N2CCc3ccc([N+](=O)[O-])cc3C2)cc1C(F)(F)F. The summed E-state index contributed by atoms with van der Waals surface area (Å²) in [5, 5.41) is 19.8. The molecule has 8 heteroatoms. The van der Waals surface area contributed by atoms with Crippen LogP contribution in [0.25, 0.3) is 0 Å². The number of nitro groups is 1. The van der Waals surface area contributed by atoms with Crippen molar-refractivity contribution in [1.29, 1.82) is 5.26 Å². The predicted molar refractivity (Wildman–Crippen MR) is 84.0 cm³/mol. The molecule has 2 aromatic carbocycles. The van der Waals surface area contributed by atoms with Crippen LogP contribution < -0.4 is 4.90 Å². The maximum absolute atomic E-state index is 13.1. The van der Waals surface area contributed by atoms with Crippen molar-refractivity contribution in [3.63, 3.8) is 0 Å². The Morgan fingerprint density at radius 2 is 1.92 bits per heavy atom. The molecule has 0 aliphatic carbocycles. The molecule has 0 N–H and O–H groups in total. The zero-order valence-electron chi connectivity index (χ0n) is 12.9. The molecule has 0 saturated heterocycles. The highest BCUT2D eigenvalue weighted by molar-refractivity contribution is 5.57. The third-order valence-electron chi connectivity index (χ3n) is 4.21. The van der Waals surface area contributed by atoms with Crippen molar-refractivity contribution in [3.8, 4) is 6.07 Å². The summed E-state index contributed by atoms with van der Waals surface area (Å²) in [7, 11) is 0. The summed E-state index contributed by atoms with van der Waals surface area (Å²) in [6, 6.07) is 9.70. The minimum Gasteiger partial charge on any atom is -0.367 e. The largest absolute Gasteiger partial charge is 0.417 e. The summed E-state index contributed by atoms with van der Waals surface area (Å²) in [5.41, 5.74) is 0.562. The Labute approximate surface area is 141 Å². The lowest BCUT2D eigenvalue weighted by molar-refractivity contribution is -0.384. The molecule has 0 unspecified atom stereocenters. The third kappa shape index (κ3) is 3.26. The number of hydrogen-bond acceptors (Lipinski definition) is 4. The molecule has 128 valence electrons. The van der Waals surface area contributed by atoms with Crippen molar-refractivity contribution >= 4 is 11.4 Å². The Morgan fingerprint density at radius 3 is 2.56 bits per heavy atom. The lowest BCUT2D eigenvalue weighted by Gasteiger charge is -2.31. The first-order valence-electron chi connectivity index (χ1n) is 7.42. The van der Waals surface area contributed by atoms with Gasteiger partial charge in [-0.05, 0) is 35.7 Å². The molecule has 0 atom stereocenters. The van der Waals surface area contributed by atoms with E-state index in [2.05, 4.69) is 0 Å². The first-order chi connectivity index (χ1) is 11.8. The zero-order valence-corrected chi connectivity index (χ0v) is 12.9. The molecule has 0 spiro atoms. The molecule has 5 nitrogen and oxygen atoms in total. The molecule has 0 saturated carbocycles. The zero-order chi connectivity index (χ0) is 18.2. The Hall–Kier alpha value is -3.08. The summed E-state index contributed by atoms with van der Waals surface area (Å²) in [6.45, 7) is 0.772. The van der Waals surface area contributed by atoms with Crippen LogP contribution in [0.5, 0.6) is 0 Å². The molecular weight excluding hydrogens is 335 g/mol. The number of benzene rings is 2. The van der Waals surface area contributed by atoms with E-state index in [1.54, 1.807) is 17.0 Å². The molecule has 25 heavy (non-hydrogen) atoms. The number of nitriles is 1. The van der Waals surface area contributed by atoms with Crippen molar-refractivity contribution in [2.24, 2.45) is 0 Å². The first kappa shape index (κ1) is 16.8. The summed E-state index contributed by atoms with van der Waals surface area (Å²) in [5.74, 6) is 0. The van der Waals surface area contributed by atoms with Gasteiger partial charge in [0.25, 0.3) is 5.69 Å². The number of rotatable bonds is 2. The number of non-ortho nitro benzene ring substituents is 1. The van der Waals surface area contributed by atoms with Crippen LogP contribution in [0, 0.1) is 21.4 Å². The van der Waals surface area contributed by atoms with Crippen molar-refractivity contribution in [1.82, 2.24) is 0 Å². The number of hydrogen-bond donors (Lipinski definition) is 0. The summed E-state index contributed by atoms with van der Waals surface area (Å²) < 4.78 is 39.4. The predicted octanol–water partition coefficient (Wildman–Crippen LogP) is 4.05. The quantitative estimate of drug-likeness (QED) is 0.607. The molecular formula is C17H12F3N3O2. The summed E-state index contributed by atoms with van der Waals surface area (Å²) >= 11 is 0. The third-order valence-corrected chi connectivity index (χ3v) is 4.21. The number of alkyl halides is 3. The number of nitrogens with zero attached hydrogens (tertiary/aromatic N) is 3. The van der Waals surface area contributed by atoms with E-state index >= 15 is 0 Å². The van der Waals surface area contributed by atoms with Gasteiger partial charge in [-0.2, -0.15) is 18.4 Å². The molecule has 0 radical (unpaired) electrons. The summed E-state index contributed by atoms with van der Waals surface area (Å²) in [6.07, 6.45) is -4.04. The average molecular weight is 347 g/mol. The number of fused-ring (bicyclic) bond motifs is 1. The Bertz CT molecular complexity index is 888. The first-order valence-corrected chi connectivity index (χ1v) is 7.42. The van der Waals surface area contributed by atoms with Gasteiger partial charge >= 0.3 is 6.18 Å². The lowest BCUT2D eigenvalue weighted by Crippen LogP contribution is -2.30. The summed E-state index contributed by atoms with van der Waals surface area (Å²) in [4.78, 5) is 12.1. The van der Waals surface area contributed by atoms with Crippen LogP contribution in [0.1, 0.15) is 22.3 Å². The van der Waals surface area contributed by atoms with Crippen LogP contribution in [0.15, 0.2) is 36.4 Å². The number of anilines is 1. The van der Waals surface area contributed by atoms with Gasteiger partial charge in [-0.25, -0.2) is 0 Å². The van der Waals surface area contributed by atoms with Crippen LogP contribution in [0.4, 0.5) is 24.5 Å². The van der Waals surface area contributed by atoms with Crippen LogP contribution in [-0.2, 0) is 19.1 Å². The van der Waals surface area contributed by atoms with Gasteiger partial charge in [0.15, 0.2) is 0 Å². The molecule has 1 aliphatic rings. The highest BCUT2D eigenvalue weighted by Gasteiger charge is 2.34. The van der Waals surface area contributed by atoms with Crippen molar-refractivity contribution in [2.75, 3.05) is 11.4 Å². The van der Waals surface area contributed by atoms with Crippen LogP contribution in [0.2, 0.25) is 0 Å². The number of nitro benzene ring substituents is 1. The highest BCUT2D eigenvalue weighted by Crippen LogP contribution is 2.35. The topological polar surface area (TPSA) is 70.2 Å². The fourth-order valence-corrected chi connectivity index (χ4v) is 2.94. The van der Waals surface area contributed by atoms with Gasteiger partial charge in [0, 0.05) is 30.9 Å². The molecule has 2 aromatic rings. The van der Waals surface area contributed by atoms with E-state index in [0.29, 0.717) is 18.7 Å². The average Bonchev–Trinajstić information content (AvgIpc) is 2.59. The van der Waals surface area contributed by atoms with E-state index in [-0.39, 0.29) is 12.2 Å². The van der Waals surface area contributed by atoms with Gasteiger partial charge in [0.05, 0.1) is 22.1 Å². The monoisotopic (exact) mass is 347 g/mol. The van der Waals surface area contributed by atoms with E-state index in [9.17, 15) is 23.3 Å². The van der Waals surface area contributed by atoms with Gasteiger partial charge in [-0.15, -0.1) is 0 Å². The van der Waals surface area contributed by atoms with Gasteiger partial charge in [-0.1, -0.05) is 6.07 Å². The minimum absolute atomic E-state index is 0.0450. The van der Waals surface area contributed by atoms with Crippen molar-refractivity contribution < 1.29 is 18.1 Å². The second-order valence-electron chi connectivity index (χ2n) is 5.72. The molecule has 1 heterocycles. The standard InChI is InChI=1S/C17H12F3N3O2/c18-17(19,20)16-8-14(3-2-12(16)9-21)22-6-5-11-1-4-15(23(24)25)7-13(11)10-22/h1-4,7-8H,5-6,10H2. The minimum atomic E-state index is -4.62. The Kier molecular flexibility index (Phi) is 4.08. The van der Waals surface area contributed by atoms with E-state index in [1.165, 1.54) is 18.2 Å². The molecule has 0 amide bonds.